The quantitative estimate of drug-likeness (QED) is 0.358. The third-order valence-electron chi connectivity index (χ3n) is 5.92. The number of carbonyl (C=O) groups is 1. The second-order valence-electron chi connectivity index (χ2n) is 8.17. The number of amides is 1. The van der Waals surface area contributed by atoms with Crippen LogP contribution in [-0.4, -0.2) is 17.5 Å². The van der Waals surface area contributed by atoms with Gasteiger partial charge < -0.3 is 14.5 Å². The van der Waals surface area contributed by atoms with E-state index in [1.807, 2.05) is 62.4 Å². The normalized spacial score (nSPS) is 12.0. The number of anilines is 1. The van der Waals surface area contributed by atoms with Crippen molar-refractivity contribution in [2.24, 2.45) is 0 Å². The van der Waals surface area contributed by atoms with Gasteiger partial charge in [-0.15, -0.1) is 0 Å². The molecule has 1 amide bonds. The molecule has 0 aliphatic carbocycles. The SMILES string of the molecule is CCC(C)c1ccc2oc(-c3ccc(NC(=O)COc4cccc(C)c4C)cc3)nc2c1. The first kappa shape index (κ1) is 21.6. The molecule has 0 spiro atoms. The summed E-state index contributed by atoms with van der Waals surface area (Å²) in [6.07, 6.45) is 1.08. The summed E-state index contributed by atoms with van der Waals surface area (Å²) in [4.78, 5) is 17.0. The molecular weight excluding hydrogens is 400 g/mol. The average molecular weight is 429 g/mol. The van der Waals surface area contributed by atoms with Crippen molar-refractivity contribution in [3.63, 3.8) is 0 Å². The van der Waals surface area contributed by atoms with Crippen LogP contribution in [0.25, 0.3) is 22.6 Å². The smallest absolute Gasteiger partial charge is 0.262 e. The molecule has 0 bridgehead atoms. The second-order valence-corrected chi connectivity index (χ2v) is 8.17. The molecule has 0 aliphatic rings. The Hall–Kier alpha value is -3.60. The molecule has 5 heteroatoms. The Morgan fingerprint density at radius 2 is 1.88 bits per heavy atom. The molecule has 164 valence electrons. The van der Waals surface area contributed by atoms with Crippen molar-refractivity contribution in [3.05, 3.63) is 77.4 Å². The number of oxazole rings is 1. The van der Waals surface area contributed by atoms with Crippen molar-refractivity contribution in [1.82, 2.24) is 4.98 Å². The third-order valence-corrected chi connectivity index (χ3v) is 5.92. The Balaban J connectivity index is 1.41. The fraction of sp³-hybridized carbons (Fsp3) is 0.259. The standard InChI is InChI=1S/C27H28N2O3/c1-5-17(2)21-11-14-25-23(15-21)29-27(32-25)20-9-12-22(13-10-20)28-26(30)16-31-24-8-6-7-18(3)19(24)4/h6-15,17H,5,16H2,1-4H3,(H,28,30). The number of aromatic nitrogens is 1. The Kier molecular flexibility index (Phi) is 6.26. The minimum Gasteiger partial charge on any atom is -0.483 e. The molecule has 4 aromatic rings. The first-order valence-corrected chi connectivity index (χ1v) is 10.9. The van der Waals surface area contributed by atoms with Crippen molar-refractivity contribution < 1.29 is 13.9 Å². The maximum absolute atomic E-state index is 12.3. The van der Waals surface area contributed by atoms with Gasteiger partial charge in [-0.2, -0.15) is 0 Å². The van der Waals surface area contributed by atoms with Crippen molar-refractivity contribution in [1.29, 1.82) is 0 Å². The summed E-state index contributed by atoms with van der Waals surface area (Å²) in [6, 6.07) is 19.5. The van der Waals surface area contributed by atoms with Crippen LogP contribution >= 0.6 is 0 Å². The Bertz CT molecular complexity index is 1240. The van der Waals surface area contributed by atoms with E-state index in [0.29, 0.717) is 17.5 Å². The van der Waals surface area contributed by atoms with Gasteiger partial charge in [0.2, 0.25) is 5.89 Å². The number of rotatable bonds is 7. The minimum absolute atomic E-state index is 0.0459. The molecule has 0 fully saturated rings. The Morgan fingerprint density at radius 3 is 2.62 bits per heavy atom. The van der Waals surface area contributed by atoms with Crippen LogP contribution in [-0.2, 0) is 4.79 Å². The molecule has 0 radical (unpaired) electrons. The lowest BCUT2D eigenvalue weighted by Gasteiger charge is -2.11. The predicted octanol–water partition coefficient (Wildman–Crippen LogP) is 6.64. The summed E-state index contributed by atoms with van der Waals surface area (Å²) >= 11 is 0. The summed E-state index contributed by atoms with van der Waals surface area (Å²) < 4.78 is 11.6. The molecule has 0 saturated heterocycles. The summed E-state index contributed by atoms with van der Waals surface area (Å²) in [7, 11) is 0. The van der Waals surface area contributed by atoms with Gasteiger partial charge in [0.15, 0.2) is 12.2 Å². The van der Waals surface area contributed by atoms with E-state index in [4.69, 9.17) is 9.15 Å². The number of fused-ring (bicyclic) bond motifs is 1. The zero-order valence-electron chi connectivity index (χ0n) is 18.9. The number of ether oxygens (including phenoxy) is 1. The highest BCUT2D eigenvalue weighted by Gasteiger charge is 2.12. The first-order chi connectivity index (χ1) is 15.4. The molecule has 3 aromatic carbocycles. The highest BCUT2D eigenvalue weighted by atomic mass is 16.5. The van der Waals surface area contributed by atoms with Crippen LogP contribution in [0.15, 0.2) is 65.1 Å². The van der Waals surface area contributed by atoms with E-state index in [1.165, 1.54) is 5.56 Å². The van der Waals surface area contributed by atoms with Crippen LogP contribution in [0.4, 0.5) is 5.69 Å². The molecule has 1 unspecified atom stereocenters. The lowest BCUT2D eigenvalue weighted by Crippen LogP contribution is -2.20. The zero-order chi connectivity index (χ0) is 22.7. The van der Waals surface area contributed by atoms with Gasteiger partial charge in [0.05, 0.1) is 0 Å². The van der Waals surface area contributed by atoms with Crippen LogP contribution in [0.1, 0.15) is 42.9 Å². The molecule has 5 nitrogen and oxygen atoms in total. The molecule has 1 N–H and O–H groups in total. The third kappa shape index (κ3) is 4.67. The maximum Gasteiger partial charge on any atom is 0.262 e. The van der Waals surface area contributed by atoms with E-state index >= 15 is 0 Å². The number of carbonyl (C=O) groups excluding carboxylic acids is 1. The number of hydrogen-bond donors (Lipinski definition) is 1. The van der Waals surface area contributed by atoms with Gasteiger partial charge in [-0.3, -0.25) is 4.79 Å². The molecular formula is C27H28N2O3. The van der Waals surface area contributed by atoms with Gasteiger partial charge in [-0.05, 0) is 85.3 Å². The van der Waals surface area contributed by atoms with Crippen LogP contribution < -0.4 is 10.1 Å². The molecule has 0 aliphatic heterocycles. The van der Waals surface area contributed by atoms with E-state index in [2.05, 4.69) is 36.3 Å². The Labute approximate surface area is 188 Å². The van der Waals surface area contributed by atoms with Crippen LogP contribution in [0.2, 0.25) is 0 Å². The van der Waals surface area contributed by atoms with Crippen LogP contribution in [0.5, 0.6) is 5.75 Å². The molecule has 32 heavy (non-hydrogen) atoms. The van der Waals surface area contributed by atoms with Gasteiger partial charge in [0, 0.05) is 11.3 Å². The van der Waals surface area contributed by atoms with E-state index in [1.54, 1.807) is 0 Å². The van der Waals surface area contributed by atoms with Crippen molar-refractivity contribution in [2.75, 3.05) is 11.9 Å². The van der Waals surface area contributed by atoms with Crippen molar-refractivity contribution >= 4 is 22.7 Å². The monoisotopic (exact) mass is 428 g/mol. The summed E-state index contributed by atoms with van der Waals surface area (Å²) in [6.45, 7) is 8.35. The molecule has 0 saturated carbocycles. The van der Waals surface area contributed by atoms with E-state index in [-0.39, 0.29) is 12.5 Å². The molecule has 4 rings (SSSR count). The van der Waals surface area contributed by atoms with Crippen LogP contribution in [0, 0.1) is 13.8 Å². The fourth-order valence-corrected chi connectivity index (χ4v) is 3.53. The van der Waals surface area contributed by atoms with Gasteiger partial charge in [-0.25, -0.2) is 4.98 Å². The van der Waals surface area contributed by atoms with E-state index in [0.717, 1.165) is 40.0 Å². The van der Waals surface area contributed by atoms with Crippen molar-refractivity contribution in [2.45, 2.75) is 40.0 Å². The number of aryl methyl sites for hydroxylation is 1. The summed E-state index contributed by atoms with van der Waals surface area (Å²) in [5, 5.41) is 2.86. The number of nitrogens with one attached hydrogen (secondary N) is 1. The lowest BCUT2D eigenvalue weighted by atomic mass is 9.98. The topological polar surface area (TPSA) is 64.4 Å². The zero-order valence-corrected chi connectivity index (χ0v) is 18.9. The van der Waals surface area contributed by atoms with Gasteiger partial charge in [0.1, 0.15) is 11.3 Å². The highest BCUT2D eigenvalue weighted by Crippen LogP contribution is 2.28. The number of hydrogen-bond acceptors (Lipinski definition) is 4. The minimum atomic E-state index is -0.210. The molecule has 1 atom stereocenters. The van der Waals surface area contributed by atoms with Crippen molar-refractivity contribution in [3.8, 4) is 17.2 Å². The van der Waals surface area contributed by atoms with Gasteiger partial charge in [0.25, 0.3) is 5.91 Å². The number of nitrogens with zero attached hydrogens (tertiary/aromatic N) is 1. The van der Waals surface area contributed by atoms with E-state index < -0.39 is 0 Å². The number of benzene rings is 3. The van der Waals surface area contributed by atoms with Gasteiger partial charge in [-0.1, -0.05) is 32.0 Å². The lowest BCUT2D eigenvalue weighted by molar-refractivity contribution is -0.118. The highest BCUT2D eigenvalue weighted by molar-refractivity contribution is 5.92. The average Bonchev–Trinajstić information content (AvgIpc) is 3.23. The fourth-order valence-electron chi connectivity index (χ4n) is 3.53. The molecule has 1 heterocycles. The Morgan fingerprint density at radius 1 is 1.09 bits per heavy atom. The predicted molar refractivity (Wildman–Crippen MR) is 128 cm³/mol. The second kappa shape index (κ2) is 9.27. The first-order valence-electron chi connectivity index (χ1n) is 10.9. The summed E-state index contributed by atoms with van der Waals surface area (Å²) in [5.41, 5.74) is 6.62. The molecule has 1 aromatic heterocycles. The largest absolute Gasteiger partial charge is 0.483 e. The van der Waals surface area contributed by atoms with Crippen LogP contribution in [0.3, 0.4) is 0 Å². The van der Waals surface area contributed by atoms with Gasteiger partial charge >= 0.3 is 0 Å². The summed E-state index contributed by atoms with van der Waals surface area (Å²) in [5.74, 6) is 1.57. The maximum atomic E-state index is 12.3. The van der Waals surface area contributed by atoms with E-state index in [9.17, 15) is 4.79 Å².